The van der Waals surface area contributed by atoms with Gasteiger partial charge in [-0.15, -0.1) is 0 Å². The fourth-order valence-corrected chi connectivity index (χ4v) is 4.98. The lowest BCUT2D eigenvalue weighted by molar-refractivity contribution is 0.00812. The van der Waals surface area contributed by atoms with E-state index in [4.69, 9.17) is 0 Å². The molecule has 0 amide bonds. The Morgan fingerprint density at radius 1 is 0.875 bits per heavy atom. The Balaban J connectivity index is 2.02. The quantitative estimate of drug-likeness (QED) is 0.673. The standard InChI is InChI=1S/C23H27N/c1-22(2)15-19-20(16-11-7-6-8-12-16)17-13-9-10-14-18(17)21(19)23(3,4)24(22)5/h6-14,21H,15H2,1-5H3. The molecule has 1 heterocycles. The first-order valence-corrected chi connectivity index (χ1v) is 8.96. The number of fused-ring (bicyclic) bond motifs is 3. The van der Waals surface area contributed by atoms with Crippen molar-refractivity contribution in [1.29, 1.82) is 0 Å². The van der Waals surface area contributed by atoms with Gasteiger partial charge < -0.3 is 0 Å². The van der Waals surface area contributed by atoms with Crippen molar-refractivity contribution >= 4 is 5.57 Å². The van der Waals surface area contributed by atoms with Crippen LogP contribution in [0.15, 0.2) is 60.2 Å². The van der Waals surface area contributed by atoms with Gasteiger partial charge in [0.05, 0.1) is 0 Å². The van der Waals surface area contributed by atoms with Crippen LogP contribution in [0, 0.1) is 0 Å². The van der Waals surface area contributed by atoms with Crippen LogP contribution in [0.3, 0.4) is 0 Å². The maximum atomic E-state index is 2.58. The average Bonchev–Trinajstić information content (AvgIpc) is 2.87. The lowest BCUT2D eigenvalue weighted by atomic mass is 9.68. The lowest BCUT2D eigenvalue weighted by Crippen LogP contribution is -2.59. The van der Waals surface area contributed by atoms with Crippen molar-refractivity contribution in [3.63, 3.8) is 0 Å². The van der Waals surface area contributed by atoms with E-state index in [1.807, 2.05) is 0 Å². The number of nitrogens with zero attached hydrogens (tertiary/aromatic N) is 1. The van der Waals surface area contributed by atoms with Crippen molar-refractivity contribution in [2.75, 3.05) is 7.05 Å². The fraction of sp³-hybridized carbons (Fsp3) is 0.391. The molecule has 1 aliphatic heterocycles. The van der Waals surface area contributed by atoms with Gasteiger partial charge in [-0.05, 0) is 63.4 Å². The molecule has 0 radical (unpaired) electrons. The monoisotopic (exact) mass is 317 g/mol. The zero-order valence-corrected chi connectivity index (χ0v) is 15.4. The zero-order valence-electron chi connectivity index (χ0n) is 15.4. The topological polar surface area (TPSA) is 3.24 Å². The van der Waals surface area contributed by atoms with Gasteiger partial charge in [-0.2, -0.15) is 0 Å². The summed E-state index contributed by atoms with van der Waals surface area (Å²) in [4.78, 5) is 2.58. The zero-order chi connectivity index (χ0) is 17.1. The highest BCUT2D eigenvalue weighted by atomic mass is 15.2. The van der Waals surface area contributed by atoms with Crippen molar-refractivity contribution in [3.05, 3.63) is 76.9 Å². The van der Waals surface area contributed by atoms with Crippen molar-refractivity contribution in [2.24, 2.45) is 0 Å². The summed E-state index contributed by atoms with van der Waals surface area (Å²) >= 11 is 0. The molecule has 1 saturated heterocycles. The summed E-state index contributed by atoms with van der Waals surface area (Å²) in [6, 6.07) is 20.0. The largest absolute Gasteiger partial charge is 0.295 e. The number of benzene rings is 2. The Morgan fingerprint density at radius 2 is 1.50 bits per heavy atom. The molecule has 2 aromatic rings. The summed E-state index contributed by atoms with van der Waals surface area (Å²) in [5.74, 6) is 0.474. The normalized spacial score (nSPS) is 24.6. The second kappa shape index (κ2) is 5.07. The van der Waals surface area contributed by atoms with E-state index < -0.39 is 0 Å². The van der Waals surface area contributed by atoms with E-state index in [0.29, 0.717) is 5.92 Å². The van der Waals surface area contributed by atoms with E-state index in [-0.39, 0.29) is 11.1 Å². The first-order chi connectivity index (χ1) is 11.3. The molecular formula is C23H27N. The minimum Gasteiger partial charge on any atom is -0.295 e. The third-order valence-corrected chi connectivity index (χ3v) is 6.38. The van der Waals surface area contributed by atoms with E-state index in [0.717, 1.165) is 6.42 Å². The van der Waals surface area contributed by atoms with Crippen molar-refractivity contribution in [2.45, 2.75) is 51.1 Å². The van der Waals surface area contributed by atoms with Crippen molar-refractivity contribution in [1.82, 2.24) is 4.90 Å². The molecule has 4 rings (SSSR count). The Morgan fingerprint density at radius 3 is 2.21 bits per heavy atom. The molecule has 0 spiro atoms. The van der Waals surface area contributed by atoms with Crippen LogP contribution in [-0.4, -0.2) is 23.0 Å². The van der Waals surface area contributed by atoms with Crippen LogP contribution in [0.5, 0.6) is 0 Å². The molecule has 2 aromatic carbocycles. The fourth-order valence-electron chi connectivity index (χ4n) is 4.98. The molecule has 1 aliphatic carbocycles. The van der Waals surface area contributed by atoms with Gasteiger partial charge in [0.15, 0.2) is 0 Å². The highest BCUT2D eigenvalue weighted by Gasteiger charge is 2.51. The molecule has 1 unspecified atom stereocenters. The van der Waals surface area contributed by atoms with E-state index in [9.17, 15) is 0 Å². The first-order valence-electron chi connectivity index (χ1n) is 8.96. The smallest absolute Gasteiger partial charge is 0.0261 e. The SMILES string of the molecule is CN1C(C)(C)CC2=C(c3ccccc3)c3ccccc3C2C1(C)C. The van der Waals surface area contributed by atoms with Gasteiger partial charge in [-0.3, -0.25) is 4.90 Å². The Labute approximate surface area is 146 Å². The van der Waals surface area contributed by atoms with E-state index in [2.05, 4.69) is 94.2 Å². The van der Waals surface area contributed by atoms with Crippen LogP contribution in [0.25, 0.3) is 5.57 Å². The molecule has 0 bridgehead atoms. The summed E-state index contributed by atoms with van der Waals surface area (Å²) in [5.41, 5.74) is 7.65. The number of hydrogen-bond donors (Lipinski definition) is 0. The average molecular weight is 317 g/mol. The molecule has 1 heteroatoms. The molecule has 2 aliphatic rings. The van der Waals surface area contributed by atoms with Crippen LogP contribution >= 0.6 is 0 Å². The molecule has 124 valence electrons. The third kappa shape index (κ3) is 2.04. The second-order valence-corrected chi connectivity index (χ2v) is 8.49. The van der Waals surface area contributed by atoms with Gasteiger partial charge in [-0.1, -0.05) is 60.2 Å². The maximum Gasteiger partial charge on any atom is 0.0261 e. The number of rotatable bonds is 1. The molecular weight excluding hydrogens is 290 g/mol. The van der Waals surface area contributed by atoms with Crippen LogP contribution in [0.4, 0.5) is 0 Å². The van der Waals surface area contributed by atoms with Crippen molar-refractivity contribution < 1.29 is 0 Å². The van der Waals surface area contributed by atoms with E-state index in [1.54, 1.807) is 5.57 Å². The van der Waals surface area contributed by atoms with Gasteiger partial charge in [0, 0.05) is 17.0 Å². The van der Waals surface area contributed by atoms with Gasteiger partial charge in [-0.25, -0.2) is 0 Å². The van der Waals surface area contributed by atoms with Crippen LogP contribution < -0.4 is 0 Å². The highest BCUT2D eigenvalue weighted by molar-refractivity contribution is 5.89. The lowest BCUT2D eigenvalue weighted by Gasteiger charge is -2.55. The molecule has 1 fully saturated rings. The summed E-state index contributed by atoms with van der Waals surface area (Å²) in [6.45, 7) is 9.57. The first kappa shape index (κ1) is 15.7. The molecule has 24 heavy (non-hydrogen) atoms. The van der Waals surface area contributed by atoms with Crippen molar-refractivity contribution in [3.8, 4) is 0 Å². The Hall–Kier alpha value is -1.86. The van der Waals surface area contributed by atoms with E-state index >= 15 is 0 Å². The van der Waals surface area contributed by atoms with Crippen LogP contribution in [0.2, 0.25) is 0 Å². The predicted octanol–water partition coefficient (Wildman–Crippen LogP) is 5.48. The summed E-state index contributed by atoms with van der Waals surface area (Å²) < 4.78 is 0. The molecule has 0 aromatic heterocycles. The van der Waals surface area contributed by atoms with Crippen LogP contribution in [-0.2, 0) is 0 Å². The Kier molecular flexibility index (Phi) is 3.30. The van der Waals surface area contributed by atoms with E-state index in [1.165, 1.54) is 22.3 Å². The van der Waals surface area contributed by atoms with Gasteiger partial charge in [0.25, 0.3) is 0 Å². The van der Waals surface area contributed by atoms with Gasteiger partial charge >= 0.3 is 0 Å². The minimum atomic E-state index is 0.101. The molecule has 0 N–H and O–H groups in total. The number of likely N-dealkylation sites (N-methyl/N-ethyl adjacent to an activating group) is 1. The number of hydrogen-bond acceptors (Lipinski definition) is 1. The van der Waals surface area contributed by atoms with Crippen LogP contribution in [0.1, 0.15) is 56.7 Å². The second-order valence-electron chi connectivity index (χ2n) is 8.49. The summed E-state index contributed by atoms with van der Waals surface area (Å²) in [6.07, 6.45) is 1.12. The molecule has 0 saturated carbocycles. The predicted molar refractivity (Wildman–Crippen MR) is 102 cm³/mol. The Bertz CT molecular complexity index is 811. The molecule has 1 atom stereocenters. The summed E-state index contributed by atoms with van der Waals surface area (Å²) in [5, 5.41) is 0. The number of piperidine rings is 1. The third-order valence-electron chi connectivity index (χ3n) is 6.38. The maximum absolute atomic E-state index is 2.58. The molecule has 1 nitrogen and oxygen atoms in total. The minimum absolute atomic E-state index is 0.101. The summed E-state index contributed by atoms with van der Waals surface area (Å²) in [7, 11) is 2.29. The number of likely N-dealkylation sites (tertiary alicyclic amines) is 1. The van der Waals surface area contributed by atoms with Gasteiger partial charge in [0.1, 0.15) is 0 Å². The van der Waals surface area contributed by atoms with Gasteiger partial charge in [0.2, 0.25) is 0 Å². The highest BCUT2D eigenvalue weighted by Crippen LogP contribution is 2.57.